The Kier molecular flexibility index (Phi) is 23.2. The van der Waals surface area contributed by atoms with Crippen LogP contribution in [0.15, 0.2) is 94.5 Å². The molecular weight excluding hydrogens is 1160 g/mol. The average Bonchev–Trinajstić information content (AvgIpc) is 1.36. The third-order valence-corrected chi connectivity index (χ3v) is 27.7. The first kappa shape index (κ1) is 68.5. The number of fused-ring (bicyclic) bond motifs is 2. The highest BCUT2D eigenvalue weighted by Gasteiger charge is 2.41. The quantitative estimate of drug-likeness (QED) is 0.0213. The van der Waals surface area contributed by atoms with Crippen LogP contribution >= 0.6 is 0 Å². The van der Waals surface area contributed by atoms with E-state index >= 15 is 0 Å². The first-order chi connectivity index (χ1) is 42.2. The van der Waals surface area contributed by atoms with Crippen LogP contribution in [0.2, 0.25) is 36.3 Å². The van der Waals surface area contributed by atoms with Crippen LogP contribution in [0, 0.1) is 0 Å². The summed E-state index contributed by atoms with van der Waals surface area (Å²) in [6, 6.07) is 25.4. The van der Waals surface area contributed by atoms with Crippen molar-refractivity contribution >= 4 is 50.3 Å². The number of phenols is 2. The summed E-state index contributed by atoms with van der Waals surface area (Å²) in [6.07, 6.45) is 4.29. The molecule has 6 aromatic rings. The van der Waals surface area contributed by atoms with E-state index in [1.807, 2.05) is 48.5 Å². The minimum absolute atomic E-state index is 0.00550. The Morgan fingerprint density at radius 3 is 1.30 bits per heavy atom. The van der Waals surface area contributed by atoms with E-state index in [9.17, 15) is 29.4 Å². The number of aromatic hydroxyl groups is 2. The zero-order chi connectivity index (χ0) is 64.3. The smallest absolute Gasteiger partial charge is 0.248 e. The number of amides is 2. The van der Waals surface area contributed by atoms with Crippen molar-refractivity contribution in [1.82, 2.24) is 41.0 Å². The molecule has 0 bridgehead atoms. The summed E-state index contributed by atoms with van der Waals surface area (Å²) in [6.45, 7) is 29.8. The number of likely N-dealkylation sites (tertiary alicyclic amines) is 2. The Balaban J connectivity index is 0.705. The molecule has 4 heterocycles. The molecule has 89 heavy (non-hydrogen) atoms. The SMILES string of the molecule is COc1cc(CNC(=O)CCN2CCC(OC3CCN(CCC(=O)NCc4ccc(CNC[C@H](O[Si](C)(C)C(C)(C)C)c5ccc(O)c6[nH]c(=O)ccc56)c(OC)c4)CC3)CC2)ccc1CNC[C@H](O[Si](C)(C)C(C)(C)C)c1ccc(O)c2[nH]c(=O)ccc12. The summed E-state index contributed by atoms with van der Waals surface area (Å²) in [5, 5.41) is 36.0. The predicted octanol–water partition coefficient (Wildman–Crippen LogP) is 10.2. The summed E-state index contributed by atoms with van der Waals surface area (Å²) in [4.78, 5) is 60.9. The van der Waals surface area contributed by atoms with Gasteiger partial charge in [0.1, 0.15) is 23.0 Å². The first-order valence-electron chi connectivity index (χ1n) is 31.6. The van der Waals surface area contributed by atoms with Crippen LogP contribution < -0.4 is 41.9 Å². The summed E-state index contributed by atoms with van der Waals surface area (Å²) >= 11 is 0. The maximum Gasteiger partial charge on any atom is 0.248 e. The number of H-pyrrole nitrogens is 2. The zero-order valence-corrected chi connectivity index (χ0v) is 56.6. The minimum atomic E-state index is -2.25. The van der Waals surface area contributed by atoms with E-state index in [-0.39, 0.29) is 68.9 Å². The van der Waals surface area contributed by atoms with E-state index in [0.29, 0.717) is 76.2 Å². The topological polar surface area (TPSA) is 241 Å². The minimum Gasteiger partial charge on any atom is -0.506 e. The summed E-state index contributed by atoms with van der Waals surface area (Å²) in [7, 11) is -1.20. The Labute approximate surface area is 527 Å². The number of rotatable bonds is 28. The van der Waals surface area contributed by atoms with Crippen molar-refractivity contribution < 1.29 is 42.9 Å². The van der Waals surface area contributed by atoms with Crippen molar-refractivity contribution in [3.05, 3.63) is 139 Å². The number of methoxy groups -OCH3 is 2. The zero-order valence-electron chi connectivity index (χ0n) is 54.6. The van der Waals surface area contributed by atoms with Crippen molar-refractivity contribution in [3.63, 3.8) is 0 Å². The molecule has 8 N–H and O–H groups in total. The monoisotopic (exact) mass is 1260 g/mol. The van der Waals surface area contributed by atoms with Gasteiger partial charge in [-0.2, -0.15) is 0 Å². The molecule has 2 saturated heterocycles. The highest BCUT2D eigenvalue weighted by molar-refractivity contribution is 6.74. The number of hydrogen-bond acceptors (Lipinski definition) is 15. The molecule has 2 aliphatic rings. The molecule has 2 fully saturated rings. The molecule has 8 rings (SSSR count). The van der Waals surface area contributed by atoms with Gasteiger partial charge in [0.15, 0.2) is 16.6 Å². The summed E-state index contributed by atoms with van der Waals surface area (Å²) in [5.41, 5.74) is 5.80. The fourth-order valence-electron chi connectivity index (χ4n) is 11.2. The molecule has 0 aliphatic carbocycles. The largest absolute Gasteiger partial charge is 0.506 e. The van der Waals surface area contributed by atoms with Gasteiger partial charge in [-0.3, -0.25) is 19.2 Å². The van der Waals surface area contributed by atoms with Crippen molar-refractivity contribution in [1.29, 1.82) is 0 Å². The molecular formula is C68H98N8O11Si2. The fraction of sp³-hybridized carbons (Fsp3) is 0.529. The number of nitrogens with one attached hydrogen (secondary N) is 6. The lowest BCUT2D eigenvalue weighted by atomic mass is 10.0. The standard InChI is InChI=1S/C68H98N8O11Si2/c1-67(2,3)88(9,10)86-59(51-17-21-55(77)65-53(51)19-23-63(81)73-65)43-69-41-47-15-13-45(37-57(47)83-7)39-71-61(79)29-35-75-31-25-49(26-32-75)85-50-27-33-76(34-28-50)36-30-62(80)72-40-46-14-16-48(58(38-46)84-8)42-70-44-60(87-89(11,12)68(4,5)6)52-18-22-56(78)66-54(52)20-24-64(82)74-66/h13-24,37-38,49-50,59-60,69-70,77-78H,25-36,39-44H2,1-12H3,(H,71,79)(H,72,80)(H,73,81)(H,74,82)/t59-,60-/m0/s1. The third-order valence-electron chi connectivity index (χ3n) is 18.7. The van der Waals surface area contributed by atoms with E-state index < -0.39 is 16.6 Å². The molecule has 2 atom stereocenters. The second-order valence-corrected chi connectivity index (χ2v) is 36.6. The van der Waals surface area contributed by atoms with Gasteiger partial charge in [-0.25, -0.2) is 0 Å². The number of hydrogen-bond donors (Lipinski definition) is 8. The average molecular weight is 1260 g/mol. The Morgan fingerprint density at radius 2 is 0.944 bits per heavy atom. The van der Waals surface area contributed by atoms with E-state index in [2.05, 4.69) is 109 Å². The fourth-order valence-corrected chi connectivity index (χ4v) is 13.8. The molecule has 0 radical (unpaired) electrons. The van der Waals surface area contributed by atoms with Crippen LogP contribution in [0.3, 0.4) is 0 Å². The lowest BCUT2D eigenvalue weighted by Gasteiger charge is -2.39. The Morgan fingerprint density at radius 1 is 0.562 bits per heavy atom. The predicted molar refractivity (Wildman–Crippen MR) is 357 cm³/mol. The van der Waals surface area contributed by atoms with Crippen LogP contribution in [0.1, 0.15) is 126 Å². The van der Waals surface area contributed by atoms with Crippen molar-refractivity contribution in [2.24, 2.45) is 0 Å². The van der Waals surface area contributed by atoms with Crippen LogP contribution in [-0.4, -0.2) is 137 Å². The number of benzene rings is 4. The van der Waals surface area contributed by atoms with Crippen molar-refractivity contribution in [2.75, 3.05) is 66.6 Å². The number of nitrogens with zero attached hydrogens (tertiary/aromatic N) is 2. The first-order valence-corrected chi connectivity index (χ1v) is 37.4. The van der Waals surface area contributed by atoms with Gasteiger partial charge in [-0.1, -0.05) is 77.9 Å². The van der Waals surface area contributed by atoms with Crippen LogP contribution in [0.5, 0.6) is 23.0 Å². The van der Waals surface area contributed by atoms with Crippen LogP contribution in [-0.2, 0) is 49.4 Å². The van der Waals surface area contributed by atoms with Gasteiger partial charge in [0.25, 0.3) is 0 Å². The van der Waals surface area contributed by atoms with Gasteiger partial charge in [0, 0.05) is 125 Å². The van der Waals surface area contributed by atoms with Gasteiger partial charge in [0.05, 0.1) is 49.7 Å². The molecule has 2 amide bonds. The van der Waals surface area contributed by atoms with E-state index in [1.54, 1.807) is 38.5 Å². The Bertz CT molecular complexity index is 3260. The number of aromatic nitrogens is 2. The van der Waals surface area contributed by atoms with E-state index in [4.69, 9.17) is 23.1 Å². The van der Waals surface area contributed by atoms with E-state index in [0.717, 1.165) is 108 Å². The highest BCUT2D eigenvalue weighted by atomic mass is 28.4. The molecule has 2 aromatic heterocycles. The molecule has 0 unspecified atom stereocenters. The van der Waals surface area contributed by atoms with Crippen LogP contribution in [0.4, 0.5) is 0 Å². The van der Waals surface area contributed by atoms with Gasteiger partial charge in [0.2, 0.25) is 22.9 Å². The van der Waals surface area contributed by atoms with Crippen molar-refractivity contribution in [2.45, 2.75) is 167 Å². The highest BCUT2D eigenvalue weighted by Crippen LogP contribution is 2.43. The lowest BCUT2D eigenvalue weighted by Crippen LogP contribution is -2.43. The normalized spacial score (nSPS) is 16.0. The number of phenolic OH excluding ortho intramolecular Hbond substituents is 2. The number of carbonyl (C=O) groups is 2. The summed E-state index contributed by atoms with van der Waals surface area (Å²) < 4.78 is 32.3. The van der Waals surface area contributed by atoms with Gasteiger partial charge < -0.3 is 74.3 Å². The number of ether oxygens (including phenoxy) is 3. The van der Waals surface area contributed by atoms with E-state index in [1.165, 1.54) is 12.1 Å². The number of carbonyl (C=O) groups excluding carboxylic acids is 2. The molecule has 2 aliphatic heterocycles. The van der Waals surface area contributed by atoms with Crippen molar-refractivity contribution in [3.8, 4) is 23.0 Å². The number of piperidine rings is 2. The summed E-state index contributed by atoms with van der Waals surface area (Å²) in [5.74, 6) is 1.48. The number of aromatic amines is 2. The number of pyridine rings is 2. The Hall–Kier alpha value is -6.41. The second kappa shape index (κ2) is 30.1. The molecule has 21 heteroatoms. The lowest BCUT2D eigenvalue weighted by molar-refractivity contribution is -0.122. The third kappa shape index (κ3) is 18.4. The maximum absolute atomic E-state index is 13.1. The molecule has 0 saturated carbocycles. The second-order valence-electron chi connectivity index (χ2n) is 27.1. The molecule has 19 nitrogen and oxygen atoms in total. The molecule has 4 aromatic carbocycles. The molecule has 0 spiro atoms. The van der Waals surface area contributed by atoms with Gasteiger partial charge in [-0.05, 0) is 121 Å². The maximum atomic E-state index is 13.1. The molecule has 484 valence electrons. The van der Waals surface area contributed by atoms with Gasteiger partial charge in [-0.15, -0.1) is 0 Å². The van der Waals surface area contributed by atoms with Crippen LogP contribution in [0.25, 0.3) is 21.8 Å². The van der Waals surface area contributed by atoms with Gasteiger partial charge >= 0.3 is 0 Å².